The first-order valence-corrected chi connectivity index (χ1v) is 8.75. The molecule has 2 fully saturated rings. The van der Waals surface area contributed by atoms with Gasteiger partial charge in [-0.3, -0.25) is 11.3 Å². The molecule has 2 atom stereocenters. The summed E-state index contributed by atoms with van der Waals surface area (Å²) in [6.07, 6.45) is 8.20. The summed E-state index contributed by atoms with van der Waals surface area (Å²) in [4.78, 5) is 0. The summed E-state index contributed by atoms with van der Waals surface area (Å²) in [5.41, 5.74) is 2.91. The summed E-state index contributed by atoms with van der Waals surface area (Å²) in [5.74, 6) is 6.90. The molecule has 0 aromatic heterocycles. The first-order valence-electron chi connectivity index (χ1n) is 6.90. The van der Waals surface area contributed by atoms with E-state index in [4.69, 9.17) is 5.84 Å². The van der Waals surface area contributed by atoms with E-state index in [-0.39, 0.29) is 0 Å². The molecule has 2 rings (SSSR count). The molecule has 106 valence electrons. The van der Waals surface area contributed by atoms with Crippen LogP contribution in [0.2, 0.25) is 0 Å². The molecule has 3 N–H and O–H groups in total. The van der Waals surface area contributed by atoms with Gasteiger partial charge in [0.1, 0.15) is 0 Å². The highest BCUT2D eigenvalue weighted by atomic mass is 32.2. The number of hydrogen-bond donors (Lipinski definition) is 2. The third-order valence-electron chi connectivity index (χ3n) is 4.12. The molecule has 0 aromatic carbocycles. The number of rotatable bonds is 6. The fourth-order valence-corrected chi connectivity index (χ4v) is 3.85. The number of hydrogen-bond acceptors (Lipinski definition) is 4. The van der Waals surface area contributed by atoms with E-state index < -0.39 is 10.0 Å². The topological polar surface area (TPSA) is 75.4 Å². The highest BCUT2D eigenvalue weighted by Gasteiger charge is 2.30. The normalized spacial score (nSPS) is 28.2. The molecule has 1 saturated carbocycles. The number of hydrazine groups is 1. The van der Waals surface area contributed by atoms with Crippen molar-refractivity contribution in [3.8, 4) is 0 Å². The molecule has 2 aliphatic rings. The maximum atomic E-state index is 11.6. The molecule has 6 heteroatoms. The van der Waals surface area contributed by atoms with E-state index in [0.717, 1.165) is 31.6 Å². The minimum atomic E-state index is -3.03. The largest absolute Gasteiger partial charge is 0.271 e. The van der Waals surface area contributed by atoms with Crippen molar-refractivity contribution < 1.29 is 8.42 Å². The van der Waals surface area contributed by atoms with Gasteiger partial charge >= 0.3 is 0 Å². The van der Waals surface area contributed by atoms with Crippen LogP contribution in [0.3, 0.4) is 0 Å². The van der Waals surface area contributed by atoms with Crippen LogP contribution >= 0.6 is 0 Å². The monoisotopic (exact) mass is 275 g/mol. The van der Waals surface area contributed by atoms with Crippen LogP contribution in [0.5, 0.6) is 0 Å². The Hall–Kier alpha value is -0.170. The highest BCUT2D eigenvalue weighted by Crippen LogP contribution is 2.35. The van der Waals surface area contributed by atoms with E-state index in [1.807, 2.05) is 0 Å². The zero-order valence-corrected chi connectivity index (χ0v) is 12.0. The Morgan fingerprint density at radius 2 is 1.94 bits per heavy atom. The molecular formula is C12H25N3O2S. The van der Waals surface area contributed by atoms with E-state index in [0.29, 0.717) is 25.0 Å². The van der Waals surface area contributed by atoms with E-state index in [9.17, 15) is 8.42 Å². The molecular weight excluding hydrogens is 250 g/mol. The van der Waals surface area contributed by atoms with Gasteiger partial charge in [-0.05, 0) is 37.5 Å². The van der Waals surface area contributed by atoms with Crippen LogP contribution < -0.4 is 11.3 Å². The van der Waals surface area contributed by atoms with Gasteiger partial charge in [-0.25, -0.2) is 12.7 Å². The van der Waals surface area contributed by atoms with Gasteiger partial charge in [0.25, 0.3) is 0 Å². The van der Waals surface area contributed by atoms with Crippen molar-refractivity contribution in [3.05, 3.63) is 0 Å². The van der Waals surface area contributed by atoms with Gasteiger partial charge in [0, 0.05) is 19.1 Å². The highest BCUT2D eigenvalue weighted by molar-refractivity contribution is 7.88. The van der Waals surface area contributed by atoms with Crippen molar-refractivity contribution in [2.24, 2.45) is 17.7 Å². The second kappa shape index (κ2) is 5.86. The lowest BCUT2D eigenvalue weighted by Gasteiger charge is -2.32. The molecule has 1 saturated heterocycles. The lowest BCUT2D eigenvalue weighted by molar-refractivity contribution is 0.232. The van der Waals surface area contributed by atoms with Crippen LogP contribution in [0, 0.1) is 11.8 Å². The molecule has 0 aromatic rings. The Morgan fingerprint density at radius 3 is 2.50 bits per heavy atom. The van der Waals surface area contributed by atoms with Gasteiger partial charge in [0.05, 0.1) is 6.26 Å². The minimum absolute atomic E-state index is 0.349. The first-order chi connectivity index (χ1) is 8.49. The molecule has 2 unspecified atom stereocenters. The molecule has 0 radical (unpaired) electrons. The van der Waals surface area contributed by atoms with E-state index in [1.54, 1.807) is 4.31 Å². The van der Waals surface area contributed by atoms with Crippen LogP contribution in [0.25, 0.3) is 0 Å². The van der Waals surface area contributed by atoms with Gasteiger partial charge < -0.3 is 0 Å². The van der Waals surface area contributed by atoms with E-state index in [2.05, 4.69) is 5.43 Å². The average Bonchev–Trinajstić information content (AvgIpc) is 3.11. The molecule has 1 aliphatic heterocycles. The summed E-state index contributed by atoms with van der Waals surface area (Å²) in [7, 11) is -3.03. The standard InChI is InChI=1S/C12H25N3O2S/c1-18(16,17)15-6-2-3-11(9-15)8-12(14-13)7-10-4-5-10/h10-12,14H,2-9,13H2,1H3. The molecule has 0 spiro atoms. The molecule has 0 bridgehead atoms. The predicted octanol–water partition coefficient (Wildman–Crippen LogP) is 0.680. The maximum absolute atomic E-state index is 11.6. The Bertz CT molecular complexity index is 368. The van der Waals surface area contributed by atoms with E-state index in [1.165, 1.54) is 19.1 Å². The SMILES string of the molecule is CS(=O)(=O)N1CCCC(CC(CC2CC2)NN)C1. The van der Waals surface area contributed by atoms with Gasteiger partial charge in [-0.1, -0.05) is 12.8 Å². The van der Waals surface area contributed by atoms with Gasteiger partial charge in [-0.15, -0.1) is 0 Å². The number of sulfonamides is 1. The van der Waals surface area contributed by atoms with Crippen LogP contribution in [0.1, 0.15) is 38.5 Å². The lowest BCUT2D eigenvalue weighted by Crippen LogP contribution is -2.43. The van der Waals surface area contributed by atoms with Crippen LogP contribution in [-0.4, -0.2) is 38.1 Å². The molecule has 1 heterocycles. The summed E-state index contributed by atoms with van der Waals surface area (Å²) in [5, 5.41) is 0. The van der Waals surface area contributed by atoms with Crippen molar-refractivity contribution in [3.63, 3.8) is 0 Å². The molecule has 1 aliphatic carbocycles. The van der Waals surface area contributed by atoms with Crippen molar-refractivity contribution in [1.82, 2.24) is 9.73 Å². The lowest BCUT2D eigenvalue weighted by atomic mass is 9.90. The Morgan fingerprint density at radius 1 is 1.28 bits per heavy atom. The first kappa shape index (κ1) is 14.2. The molecule has 0 amide bonds. The summed E-state index contributed by atoms with van der Waals surface area (Å²) in [6, 6.07) is 0.349. The van der Waals surface area contributed by atoms with Crippen molar-refractivity contribution >= 4 is 10.0 Å². The molecule has 5 nitrogen and oxygen atoms in total. The Kier molecular flexibility index (Phi) is 4.64. The molecule has 18 heavy (non-hydrogen) atoms. The Labute approximate surface area is 110 Å². The van der Waals surface area contributed by atoms with E-state index >= 15 is 0 Å². The quantitative estimate of drug-likeness (QED) is 0.552. The zero-order valence-electron chi connectivity index (χ0n) is 11.1. The predicted molar refractivity (Wildman–Crippen MR) is 72.2 cm³/mol. The van der Waals surface area contributed by atoms with Crippen LogP contribution in [-0.2, 0) is 10.0 Å². The maximum Gasteiger partial charge on any atom is 0.211 e. The van der Waals surface area contributed by atoms with Gasteiger partial charge in [0.15, 0.2) is 0 Å². The number of nitrogens with two attached hydrogens (primary N) is 1. The van der Waals surface area contributed by atoms with Gasteiger partial charge in [-0.2, -0.15) is 0 Å². The van der Waals surface area contributed by atoms with Crippen molar-refractivity contribution in [1.29, 1.82) is 0 Å². The fourth-order valence-electron chi connectivity index (χ4n) is 2.91. The summed E-state index contributed by atoms with van der Waals surface area (Å²) >= 11 is 0. The minimum Gasteiger partial charge on any atom is -0.271 e. The second-order valence-corrected chi connectivity index (χ2v) is 7.89. The van der Waals surface area contributed by atoms with Crippen LogP contribution in [0.4, 0.5) is 0 Å². The number of piperidine rings is 1. The smallest absolute Gasteiger partial charge is 0.211 e. The summed E-state index contributed by atoms with van der Waals surface area (Å²) in [6.45, 7) is 1.35. The zero-order chi connectivity index (χ0) is 13.2. The Balaban J connectivity index is 1.83. The number of nitrogens with one attached hydrogen (secondary N) is 1. The second-order valence-electron chi connectivity index (χ2n) is 5.91. The fraction of sp³-hybridized carbons (Fsp3) is 1.00. The van der Waals surface area contributed by atoms with Crippen molar-refractivity contribution in [2.45, 2.75) is 44.6 Å². The third-order valence-corrected chi connectivity index (χ3v) is 5.39. The van der Waals surface area contributed by atoms with Crippen molar-refractivity contribution in [2.75, 3.05) is 19.3 Å². The summed E-state index contributed by atoms with van der Waals surface area (Å²) < 4.78 is 24.7. The number of nitrogens with zero attached hydrogens (tertiary/aromatic N) is 1. The van der Waals surface area contributed by atoms with Crippen LogP contribution in [0.15, 0.2) is 0 Å². The van der Waals surface area contributed by atoms with Gasteiger partial charge in [0.2, 0.25) is 10.0 Å². The average molecular weight is 275 g/mol. The third kappa shape index (κ3) is 4.19.